The lowest BCUT2D eigenvalue weighted by Crippen LogP contribution is -2.48. The van der Waals surface area contributed by atoms with E-state index in [0.717, 1.165) is 12.0 Å². The van der Waals surface area contributed by atoms with Gasteiger partial charge in [-0.3, -0.25) is 0 Å². The molecule has 0 amide bonds. The van der Waals surface area contributed by atoms with Gasteiger partial charge in [0.15, 0.2) is 0 Å². The summed E-state index contributed by atoms with van der Waals surface area (Å²) in [5, 5.41) is 12.3. The topological polar surface area (TPSA) is 73.2 Å². The minimum Gasteiger partial charge on any atom is -0.313 e. The lowest BCUT2D eigenvalue weighted by Gasteiger charge is -2.35. The number of nitrogens with one attached hydrogen (secondary N) is 1. The molecule has 0 aliphatic carbocycles. The van der Waals surface area contributed by atoms with Crippen LogP contribution < -0.4 is 5.32 Å². The van der Waals surface area contributed by atoms with Crippen molar-refractivity contribution in [1.29, 1.82) is 5.26 Å². The maximum atomic E-state index is 13.2. The molecular weight excluding hydrogens is 370 g/mol. The zero-order chi connectivity index (χ0) is 17.9. The van der Waals surface area contributed by atoms with Gasteiger partial charge in [0.2, 0.25) is 10.0 Å². The van der Waals surface area contributed by atoms with E-state index in [1.54, 1.807) is 22.5 Å². The summed E-state index contributed by atoms with van der Waals surface area (Å²) in [5.74, 6) is 0. The molecule has 1 fully saturated rings. The Balaban J connectivity index is 0.00000243. The van der Waals surface area contributed by atoms with Crippen molar-refractivity contribution >= 4 is 22.4 Å². The average molecular weight is 392 g/mol. The first-order chi connectivity index (χ1) is 12.1. The number of nitrogens with zero attached hydrogens (tertiary/aromatic N) is 2. The van der Waals surface area contributed by atoms with E-state index in [4.69, 9.17) is 5.26 Å². The van der Waals surface area contributed by atoms with Crippen molar-refractivity contribution in [3.63, 3.8) is 0 Å². The Labute approximate surface area is 161 Å². The van der Waals surface area contributed by atoms with Crippen molar-refractivity contribution in [2.75, 3.05) is 19.6 Å². The third-order valence-corrected chi connectivity index (χ3v) is 6.44. The van der Waals surface area contributed by atoms with E-state index in [-0.39, 0.29) is 23.3 Å². The first-order valence-corrected chi connectivity index (χ1v) is 9.82. The van der Waals surface area contributed by atoms with Gasteiger partial charge in [-0.1, -0.05) is 37.3 Å². The Morgan fingerprint density at radius 1 is 1.23 bits per heavy atom. The Morgan fingerprint density at radius 3 is 2.62 bits per heavy atom. The van der Waals surface area contributed by atoms with Gasteiger partial charge < -0.3 is 5.32 Å². The summed E-state index contributed by atoms with van der Waals surface area (Å²) in [5.41, 5.74) is 2.55. The minimum absolute atomic E-state index is 0. The van der Waals surface area contributed by atoms with Gasteiger partial charge in [-0.05, 0) is 35.7 Å². The monoisotopic (exact) mass is 391 g/mol. The van der Waals surface area contributed by atoms with Crippen LogP contribution >= 0.6 is 12.4 Å². The molecule has 1 saturated heterocycles. The van der Waals surface area contributed by atoms with Crippen molar-refractivity contribution in [2.45, 2.75) is 24.3 Å². The van der Waals surface area contributed by atoms with E-state index in [1.807, 2.05) is 30.3 Å². The normalized spacial score (nSPS) is 17.9. The van der Waals surface area contributed by atoms with Crippen molar-refractivity contribution in [3.8, 4) is 6.07 Å². The van der Waals surface area contributed by atoms with Gasteiger partial charge in [-0.2, -0.15) is 9.57 Å². The third kappa shape index (κ3) is 4.08. The first kappa shape index (κ1) is 20.4. The predicted octanol–water partition coefficient (Wildman–Crippen LogP) is 2.88. The summed E-state index contributed by atoms with van der Waals surface area (Å²) in [6, 6.07) is 16.1. The van der Waals surface area contributed by atoms with E-state index >= 15 is 0 Å². The minimum atomic E-state index is -3.67. The van der Waals surface area contributed by atoms with Gasteiger partial charge in [0.25, 0.3) is 0 Å². The van der Waals surface area contributed by atoms with Gasteiger partial charge in [0, 0.05) is 19.6 Å². The Kier molecular flexibility index (Phi) is 6.79. The number of hydrogen-bond acceptors (Lipinski definition) is 4. The van der Waals surface area contributed by atoms with Crippen molar-refractivity contribution in [1.82, 2.24) is 9.62 Å². The third-order valence-electron chi connectivity index (χ3n) is 4.54. The summed E-state index contributed by atoms with van der Waals surface area (Å²) in [7, 11) is -3.67. The second-order valence-corrected chi connectivity index (χ2v) is 7.96. The number of hydrogen-bond donors (Lipinski definition) is 1. The zero-order valence-corrected chi connectivity index (χ0v) is 16.2. The van der Waals surface area contributed by atoms with Crippen LogP contribution in [0, 0.1) is 11.3 Å². The summed E-state index contributed by atoms with van der Waals surface area (Å²) in [6.07, 6.45) is 0.951. The molecule has 1 aliphatic rings. The molecule has 1 unspecified atom stereocenters. The number of halogens is 1. The number of sulfonamides is 1. The summed E-state index contributed by atoms with van der Waals surface area (Å²) < 4.78 is 27.8. The highest BCUT2D eigenvalue weighted by Gasteiger charge is 2.34. The molecule has 2 aromatic carbocycles. The molecule has 0 saturated carbocycles. The molecule has 1 atom stereocenters. The number of benzene rings is 2. The first-order valence-electron chi connectivity index (χ1n) is 8.38. The fourth-order valence-corrected chi connectivity index (χ4v) is 4.75. The molecule has 26 heavy (non-hydrogen) atoms. The van der Waals surface area contributed by atoms with Crippen LogP contribution in [0.25, 0.3) is 0 Å². The standard InChI is InChI=1S/C19H21N3O2S.ClH/c1-2-15-6-8-17(9-7-15)19-14-21-10-11-22(19)25(23,24)18-5-3-4-16(12-18)13-20;/h3-9,12,19,21H,2,10-11,14H2,1H3;1H. The number of piperazine rings is 1. The molecule has 3 rings (SSSR count). The van der Waals surface area contributed by atoms with Crippen LogP contribution in [0.15, 0.2) is 53.4 Å². The van der Waals surface area contributed by atoms with Gasteiger partial charge in [-0.15, -0.1) is 12.4 Å². The van der Waals surface area contributed by atoms with Crippen molar-refractivity contribution in [3.05, 3.63) is 65.2 Å². The smallest absolute Gasteiger partial charge is 0.243 e. The molecular formula is C19H22ClN3O2S. The molecule has 0 spiro atoms. The molecule has 1 N–H and O–H groups in total. The molecule has 138 valence electrons. The number of aryl methyl sites for hydroxylation is 1. The number of rotatable bonds is 4. The summed E-state index contributed by atoms with van der Waals surface area (Å²) in [6.45, 7) is 3.68. The van der Waals surface area contributed by atoms with E-state index in [2.05, 4.69) is 12.2 Å². The second-order valence-electron chi connectivity index (χ2n) is 6.07. The Bertz CT molecular complexity index is 892. The van der Waals surface area contributed by atoms with Crippen LogP contribution in [0.3, 0.4) is 0 Å². The molecule has 5 nitrogen and oxygen atoms in total. The molecule has 1 heterocycles. The van der Waals surface area contributed by atoms with Crippen molar-refractivity contribution in [2.24, 2.45) is 0 Å². The average Bonchev–Trinajstić information content (AvgIpc) is 2.68. The molecule has 1 aliphatic heterocycles. The Hall–Kier alpha value is -1.91. The highest BCUT2D eigenvalue weighted by atomic mass is 35.5. The SMILES string of the molecule is CCc1ccc(C2CNCCN2S(=O)(=O)c2cccc(C#N)c2)cc1.Cl. The van der Waals surface area contributed by atoms with Gasteiger partial charge >= 0.3 is 0 Å². The lowest BCUT2D eigenvalue weighted by atomic mass is 10.0. The van der Waals surface area contributed by atoms with Crippen molar-refractivity contribution < 1.29 is 8.42 Å². The van der Waals surface area contributed by atoms with Gasteiger partial charge in [-0.25, -0.2) is 8.42 Å². The lowest BCUT2D eigenvalue weighted by molar-refractivity contribution is 0.271. The van der Waals surface area contributed by atoms with Crippen LogP contribution in [0.5, 0.6) is 0 Å². The zero-order valence-electron chi connectivity index (χ0n) is 14.6. The molecule has 7 heteroatoms. The van der Waals surface area contributed by atoms with E-state index in [9.17, 15) is 8.42 Å². The second kappa shape index (κ2) is 8.65. The molecule has 0 bridgehead atoms. The summed E-state index contributed by atoms with van der Waals surface area (Å²) >= 11 is 0. The van der Waals surface area contributed by atoms with Crippen LogP contribution in [0.4, 0.5) is 0 Å². The predicted molar refractivity (Wildman–Crippen MR) is 104 cm³/mol. The highest BCUT2D eigenvalue weighted by Crippen LogP contribution is 2.29. The van der Waals surface area contributed by atoms with Crippen LogP contribution in [-0.2, 0) is 16.4 Å². The van der Waals surface area contributed by atoms with Crippen LogP contribution in [0.1, 0.15) is 29.7 Å². The highest BCUT2D eigenvalue weighted by molar-refractivity contribution is 7.89. The fraction of sp³-hybridized carbons (Fsp3) is 0.316. The number of nitriles is 1. The van der Waals surface area contributed by atoms with E-state index in [1.165, 1.54) is 11.6 Å². The maximum Gasteiger partial charge on any atom is 0.243 e. The maximum absolute atomic E-state index is 13.2. The largest absolute Gasteiger partial charge is 0.313 e. The fourth-order valence-electron chi connectivity index (χ4n) is 3.09. The van der Waals surface area contributed by atoms with Gasteiger partial charge in [0.1, 0.15) is 0 Å². The van der Waals surface area contributed by atoms with Gasteiger partial charge in [0.05, 0.1) is 22.6 Å². The van der Waals surface area contributed by atoms with Crippen LogP contribution in [0.2, 0.25) is 0 Å². The quantitative estimate of drug-likeness (QED) is 0.869. The summed E-state index contributed by atoms with van der Waals surface area (Å²) in [4.78, 5) is 0.170. The van der Waals surface area contributed by atoms with Crippen LogP contribution in [-0.4, -0.2) is 32.4 Å². The molecule has 2 aromatic rings. The van der Waals surface area contributed by atoms with E-state index in [0.29, 0.717) is 25.2 Å². The van der Waals surface area contributed by atoms with E-state index < -0.39 is 10.0 Å². The Morgan fingerprint density at radius 2 is 1.96 bits per heavy atom. The molecule has 0 radical (unpaired) electrons. The molecule has 0 aromatic heterocycles.